The highest BCUT2D eigenvalue weighted by atomic mass is 32.2. The second-order valence-corrected chi connectivity index (χ2v) is 10.5. The lowest BCUT2D eigenvalue weighted by molar-refractivity contribution is 0.0954. The van der Waals surface area contributed by atoms with Crippen molar-refractivity contribution in [2.45, 2.75) is 24.3 Å². The van der Waals surface area contributed by atoms with Gasteiger partial charge in [0.25, 0.3) is 15.9 Å². The molecule has 0 saturated carbocycles. The van der Waals surface area contributed by atoms with E-state index in [4.69, 9.17) is 9.47 Å². The number of nitrogens with one attached hydrogen (secondary N) is 2. The topological polar surface area (TPSA) is 106 Å². The fourth-order valence-corrected chi connectivity index (χ4v) is 5.27. The molecular formula is C30H27N3O5S. The number of carbonyl (C=O) groups excluding carboxylic acids is 1. The lowest BCUT2D eigenvalue weighted by Crippen LogP contribution is -2.25. The number of sulfonamides is 1. The lowest BCUT2D eigenvalue weighted by Gasteiger charge is -2.27. The van der Waals surface area contributed by atoms with Gasteiger partial charge in [-0.3, -0.25) is 9.52 Å². The molecule has 0 spiro atoms. The van der Waals surface area contributed by atoms with Crippen LogP contribution in [0, 0.1) is 0 Å². The van der Waals surface area contributed by atoms with Crippen LogP contribution in [-0.2, 0) is 10.0 Å². The minimum absolute atomic E-state index is 0.106. The summed E-state index contributed by atoms with van der Waals surface area (Å²) in [6.07, 6.45) is 0.271. The molecule has 8 nitrogen and oxygen atoms in total. The maximum atomic E-state index is 12.9. The third-order valence-electron chi connectivity index (χ3n) is 6.15. The van der Waals surface area contributed by atoms with E-state index in [9.17, 15) is 13.2 Å². The number of amides is 1. The highest BCUT2D eigenvalue weighted by Gasteiger charge is 2.26. The molecule has 2 N–H and O–H groups in total. The van der Waals surface area contributed by atoms with Gasteiger partial charge in [-0.2, -0.15) is 5.10 Å². The maximum absolute atomic E-state index is 12.9. The number of nitrogens with zero attached hydrogens (tertiary/aromatic N) is 1. The largest absolute Gasteiger partial charge is 0.494 e. The Hall–Kier alpha value is -4.63. The highest BCUT2D eigenvalue weighted by molar-refractivity contribution is 7.92. The van der Waals surface area contributed by atoms with E-state index in [0.29, 0.717) is 41.5 Å². The number of ether oxygens (including phenoxy) is 2. The average molecular weight is 542 g/mol. The number of anilines is 1. The molecule has 5 rings (SSSR count). The predicted octanol–water partition coefficient (Wildman–Crippen LogP) is 5.54. The van der Waals surface area contributed by atoms with Crippen molar-refractivity contribution in [1.29, 1.82) is 0 Å². The second kappa shape index (κ2) is 11.4. The Labute approximate surface area is 227 Å². The van der Waals surface area contributed by atoms with Gasteiger partial charge < -0.3 is 9.47 Å². The van der Waals surface area contributed by atoms with E-state index in [1.165, 1.54) is 36.4 Å². The van der Waals surface area contributed by atoms with Crippen molar-refractivity contribution in [2.24, 2.45) is 5.10 Å². The molecule has 1 unspecified atom stereocenters. The fraction of sp³-hybridized carbons (Fsp3) is 0.133. The monoisotopic (exact) mass is 541 g/mol. The van der Waals surface area contributed by atoms with E-state index in [1.54, 1.807) is 12.1 Å². The normalized spacial score (nSPS) is 15.6. The standard InChI is InChI=1S/C30H27N3O5S/c1-2-37-24-16-18-25(19-17-24)39(35,36)33-23-14-12-22(13-15-23)30(34)32-31-27-20-29(21-8-4-3-5-9-21)38-28-11-7-6-10-26(27)28/h3-19,29,33H,2,20H2,1H3,(H,32,34). The fourth-order valence-electron chi connectivity index (χ4n) is 4.22. The summed E-state index contributed by atoms with van der Waals surface area (Å²) in [4.78, 5) is 13.0. The zero-order valence-corrected chi connectivity index (χ0v) is 22.0. The smallest absolute Gasteiger partial charge is 0.271 e. The molecule has 1 aliphatic heterocycles. The summed E-state index contributed by atoms with van der Waals surface area (Å²) in [5.41, 5.74) is 5.85. The number of hydrogen-bond acceptors (Lipinski definition) is 6. The van der Waals surface area contributed by atoms with Gasteiger partial charge in [0.2, 0.25) is 0 Å². The molecule has 1 heterocycles. The number of hydrazone groups is 1. The Balaban J connectivity index is 1.27. The zero-order valence-electron chi connectivity index (χ0n) is 21.2. The molecule has 0 saturated heterocycles. The molecule has 1 amide bonds. The maximum Gasteiger partial charge on any atom is 0.271 e. The van der Waals surface area contributed by atoms with Gasteiger partial charge >= 0.3 is 0 Å². The van der Waals surface area contributed by atoms with E-state index in [1.807, 2.05) is 61.5 Å². The van der Waals surface area contributed by atoms with Crippen molar-refractivity contribution in [3.63, 3.8) is 0 Å². The number of rotatable bonds is 8. The summed E-state index contributed by atoms with van der Waals surface area (Å²) < 4.78 is 39.5. The van der Waals surface area contributed by atoms with E-state index in [-0.39, 0.29) is 11.0 Å². The van der Waals surface area contributed by atoms with Crippen LogP contribution >= 0.6 is 0 Å². The van der Waals surface area contributed by atoms with Gasteiger partial charge in [-0.15, -0.1) is 0 Å². The molecule has 0 aliphatic carbocycles. The molecule has 4 aromatic rings. The first-order valence-electron chi connectivity index (χ1n) is 12.5. The molecule has 1 atom stereocenters. The van der Waals surface area contributed by atoms with Gasteiger partial charge in [-0.25, -0.2) is 13.8 Å². The Morgan fingerprint density at radius 3 is 2.33 bits per heavy atom. The van der Waals surface area contributed by atoms with E-state index >= 15 is 0 Å². The molecule has 4 aromatic carbocycles. The van der Waals surface area contributed by atoms with Gasteiger partial charge in [-0.05, 0) is 73.2 Å². The van der Waals surface area contributed by atoms with E-state index in [0.717, 1.165) is 11.1 Å². The quantitative estimate of drug-likeness (QED) is 0.285. The number of fused-ring (bicyclic) bond motifs is 1. The van der Waals surface area contributed by atoms with Gasteiger partial charge in [0, 0.05) is 23.2 Å². The van der Waals surface area contributed by atoms with Crippen LogP contribution < -0.4 is 19.6 Å². The molecule has 9 heteroatoms. The molecule has 39 heavy (non-hydrogen) atoms. The second-order valence-electron chi connectivity index (χ2n) is 8.80. The van der Waals surface area contributed by atoms with Crippen molar-refractivity contribution < 1.29 is 22.7 Å². The van der Waals surface area contributed by atoms with Gasteiger partial charge in [-0.1, -0.05) is 42.5 Å². The van der Waals surface area contributed by atoms with Crippen molar-refractivity contribution >= 4 is 27.3 Å². The van der Waals surface area contributed by atoms with Crippen molar-refractivity contribution in [3.05, 3.63) is 120 Å². The van der Waals surface area contributed by atoms with Crippen LogP contribution in [0.15, 0.2) is 113 Å². The summed E-state index contributed by atoms with van der Waals surface area (Å²) in [6, 6.07) is 29.8. The number of benzene rings is 4. The van der Waals surface area contributed by atoms with Crippen LogP contribution in [0.25, 0.3) is 0 Å². The number of para-hydroxylation sites is 1. The summed E-state index contributed by atoms with van der Waals surface area (Å²) in [5, 5.41) is 4.43. The molecule has 0 aromatic heterocycles. The average Bonchev–Trinajstić information content (AvgIpc) is 2.97. The first-order valence-corrected chi connectivity index (χ1v) is 13.9. The summed E-state index contributed by atoms with van der Waals surface area (Å²) in [5.74, 6) is 0.883. The number of hydrogen-bond donors (Lipinski definition) is 2. The van der Waals surface area contributed by atoms with E-state index in [2.05, 4.69) is 15.2 Å². The van der Waals surface area contributed by atoms with Gasteiger partial charge in [0.15, 0.2) is 0 Å². The summed E-state index contributed by atoms with van der Waals surface area (Å²) >= 11 is 0. The van der Waals surface area contributed by atoms with Crippen LogP contribution in [-0.4, -0.2) is 26.6 Å². The van der Waals surface area contributed by atoms with Crippen LogP contribution in [0.1, 0.15) is 40.9 Å². The van der Waals surface area contributed by atoms with Crippen LogP contribution in [0.3, 0.4) is 0 Å². The first kappa shape index (κ1) is 26.0. The van der Waals surface area contributed by atoms with Crippen molar-refractivity contribution in [3.8, 4) is 11.5 Å². The first-order chi connectivity index (χ1) is 18.9. The van der Waals surface area contributed by atoms with Crippen LogP contribution in [0.4, 0.5) is 5.69 Å². The van der Waals surface area contributed by atoms with E-state index < -0.39 is 15.9 Å². The van der Waals surface area contributed by atoms with Gasteiger partial charge in [0.1, 0.15) is 17.6 Å². The lowest BCUT2D eigenvalue weighted by atomic mass is 9.96. The Bertz CT molecular complexity index is 1590. The van der Waals surface area contributed by atoms with Gasteiger partial charge in [0.05, 0.1) is 17.2 Å². The third-order valence-corrected chi connectivity index (χ3v) is 7.55. The Kier molecular flexibility index (Phi) is 7.60. The Morgan fingerprint density at radius 1 is 0.923 bits per heavy atom. The molecule has 0 bridgehead atoms. The van der Waals surface area contributed by atoms with Crippen LogP contribution in [0.2, 0.25) is 0 Å². The van der Waals surface area contributed by atoms with Crippen molar-refractivity contribution in [1.82, 2.24) is 5.43 Å². The zero-order chi connectivity index (χ0) is 27.2. The summed E-state index contributed by atoms with van der Waals surface area (Å²) in [7, 11) is -3.80. The highest BCUT2D eigenvalue weighted by Crippen LogP contribution is 2.35. The minimum atomic E-state index is -3.80. The minimum Gasteiger partial charge on any atom is -0.494 e. The molecular weight excluding hydrogens is 514 g/mol. The van der Waals surface area contributed by atoms with Crippen molar-refractivity contribution in [2.75, 3.05) is 11.3 Å². The molecule has 198 valence electrons. The van der Waals surface area contributed by atoms with Crippen LogP contribution in [0.5, 0.6) is 11.5 Å². The number of carbonyl (C=O) groups is 1. The predicted molar refractivity (Wildman–Crippen MR) is 150 cm³/mol. The summed E-state index contributed by atoms with van der Waals surface area (Å²) in [6.45, 7) is 2.35. The third kappa shape index (κ3) is 6.10. The molecule has 1 aliphatic rings. The molecule has 0 fully saturated rings. The SMILES string of the molecule is CCOc1ccc(S(=O)(=O)Nc2ccc(C(=O)NN=C3CC(c4ccccc4)Oc4ccccc43)cc2)cc1. The Morgan fingerprint density at radius 2 is 1.62 bits per heavy atom. The molecule has 0 radical (unpaired) electrons.